The van der Waals surface area contributed by atoms with Gasteiger partial charge in [0.25, 0.3) is 0 Å². The van der Waals surface area contributed by atoms with E-state index in [4.69, 9.17) is 11.6 Å². The first-order chi connectivity index (χ1) is 12.9. The third kappa shape index (κ3) is 4.30. The molecule has 3 rings (SSSR count). The fourth-order valence-electron chi connectivity index (χ4n) is 3.50. The summed E-state index contributed by atoms with van der Waals surface area (Å²) in [5.41, 5.74) is 1.97. The molecule has 1 saturated heterocycles. The second-order valence-electron chi connectivity index (χ2n) is 7.29. The lowest BCUT2D eigenvalue weighted by atomic mass is 10.0. The number of aromatic carboxylic acids is 1. The van der Waals surface area contributed by atoms with E-state index in [1.807, 2.05) is 18.7 Å². The van der Waals surface area contributed by atoms with Gasteiger partial charge in [-0.1, -0.05) is 37.6 Å². The first kappa shape index (κ1) is 19.4. The Labute approximate surface area is 164 Å². The number of likely N-dealkylation sites (tertiary alicyclic amines) is 1. The molecule has 6 heteroatoms. The van der Waals surface area contributed by atoms with Gasteiger partial charge in [-0.15, -0.1) is 0 Å². The van der Waals surface area contributed by atoms with Crippen molar-refractivity contribution in [1.82, 2.24) is 9.88 Å². The van der Waals surface area contributed by atoms with Crippen LogP contribution in [0.4, 0.5) is 0 Å². The Morgan fingerprint density at radius 1 is 1.22 bits per heavy atom. The van der Waals surface area contributed by atoms with E-state index in [2.05, 4.69) is 4.98 Å². The summed E-state index contributed by atoms with van der Waals surface area (Å²) in [6.07, 6.45) is 2.27. The lowest BCUT2D eigenvalue weighted by Gasteiger charge is -2.25. The standard InChI is InChI=1S/C21H23ClN2O3/c1-13(2)12-19(25)24-11-3-4-18(24)17-10-9-16(21(26)27)20(23-17)14-5-7-15(22)8-6-14/h5-10,13,18H,3-4,11-12H2,1-2H3,(H,26,27). The van der Waals surface area contributed by atoms with Gasteiger partial charge in [-0.25, -0.2) is 9.78 Å². The number of carboxylic acid groups (broad SMARTS) is 1. The van der Waals surface area contributed by atoms with E-state index in [9.17, 15) is 14.7 Å². The molecule has 1 fully saturated rings. The highest BCUT2D eigenvalue weighted by molar-refractivity contribution is 6.30. The molecule has 0 saturated carbocycles. The fourth-order valence-corrected chi connectivity index (χ4v) is 3.63. The van der Waals surface area contributed by atoms with E-state index in [1.165, 1.54) is 0 Å². The van der Waals surface area contributed by atoms with Crippen molar-refractivity contribution < 1.29 is 14.7 Å². The van der Waals surface area contributed by atoms with E-state index in [1.54, 1.807) is 36.4 Å². The number of carbonyl (C=O) groups is 2. The van der Waals surface area contributed by atoms with Crippen LogP contribution in [0.1, 0.15) is 55.2 Å². The predicted octanol–water partition coefficient (Wildman–Crippen LogP) is 4.81. The first-order valence-electron chi connectivity index (χ1n) is 9.16. The van der Waals surface area contributed by atoms with Crippen molar-refractivity contribution in [2.45, 2.75) is 39.2 Å². The van der Waals surface area contributed by atoms with Crippen LogP contribution < -0.4 is 0 Å². The second kappa shape index (κ2) is 8.09. The van der Waals surface area contributed by atoms with Gasteiger partial charge in [-0.05, 0) is 43.0 Å². The van der Waals surface area contributed by atoms with Crippen molar-refractivity contribution in [2.24, 2.45) is 5.92 Å². The molecule has 1 atom stereocenters. The van der Waals surface area contributed by atoms with Crippen LogP contribution in [0, 0.1) is 5.92 Å². The average molecular weight is 387 g/mol. The molecule has 0 aliphatic carbocycles. The Hall–Kier alpha value is -2.40. The lowest BCUT2D eigenvalue weighted by Crippen LogP contribution is -2.31. The van der Waals surface area contributed by atoms with Crippen LogP contribution in [-0.4, -0.2) is 33.4 Å². The first-order valence-corrected chi connectivity index (χ1v) is 9.54. The van der Waals surface area contributed by atoms with Crippen LogP contribution in [0.2, 0.25) is 5.02 Å². The SMILES string of the molecule is CC(C)CC(=O)N1CCCC1c1ccc(C(=O)O)c(-c2ccc(Cl)cc2)n1. The van der Waals surface area contributed by atoms with Crippen LogP contribution in [-0.2, 0) is 4.79 Å². The summed E-state index contributed by atoms with van der Waals surface area (Å²) in [6.45, 7) is 4.78. The smallest absolute Gasteiger partial charge is 0.337 e. The van der Waals surface area contributed by atoms with Crippen LogP contribution in [0.5, 0.6) is 0 Å². The van der Waals surface area contributed by atoms with Gasteiger partial charge < -0.3 is 10.0 Å². The topological polar surface area (TPSA) is 70.5 Å². The minimum absolute atomic E-state index is 0.106. The van der Waals surface area contributed by atoms with Gasteiger partial charge >= 0.3 is 5.97 Å². The molecule has 1 aromatic carbocycles. The van der Waals surface area contributed by atoms with Gasteiger partial charge in [0, 0.05) is 23.6 Å². The normalized spacial score (nSPS) is 16.7. The summed E-state index contributed by atoms with van der Waals surface area (Å²) in [7, 11) is 0. The van der Waals surface area contributed by atoms with E-state index < -0.39 is 5.97 Å². The molecule has 0 bridgehead atoms. The number of hydrogen-bond donors (Lipinski definition) is 1. The fraction of sp³-hybridized carbons (Fsp3) is 0.381. The maximum atomic E-state index is 12.6. The molecule has 5 nitrogen and oxygen atoms in total. The number of nitrogens with zero attached hydrogens (tertiary/aromatic N) is 2. The van der Waals surface area contributed by atoms with Crippen LogP contribution in [0.3, 0.4) is 0 Å². The maximum absolute atomic E-state index is 12.6. The number of carbonyl (C=O) groups excluding carboxylic acids is 1. The molecule has 1 aromatic heterocycles. The number of benzene rings is 1. The number of halogens is 1. The number of pyridine rings is 1. The van der Waals surface area contributed by atoms with E-state index in [-0.39, 0.29) is 17.5 Å². The minimum Gasteiger partial charge on any atom is -0.478 e. The molecule has 142 valence electrons. The van der Waals surface area contributed by atoms with Crippen LogP contribution in [0.15, 0.2) is 36.4 Å². The van der Waals surface area contributed by atoms with E-state index in [0.717, 1.165) is 25.1 Å². The van der Waals surface area contributed by atoms with Gasteiger partial charge in [0.2, 0.25) is 5.91 Å². The molecular weight excluding hydrogens is 364 g/mol. The van der Waals surface area contributed by atoms with Gasteiger partial charge in [-0.3, -0.25) is 4.79 Å². The molecule has 27 heavy (non-hydrogen) atoms. The third-order valence-electron chi connectivity index (χ3n) is 4.76. The molecule has 0 radical (unpaired) electrons. The number of carboxylic acids is 1. The molecule has 0 spiro atoms. The Bertz CT molecular complexity index is 849. The second-order valence-corrected chi connectivity index (χ2v) is 7.72. The van der Waals surface area contributed by atoms with Crippen molar-refractivity contribution in [3.63, 3.8) is 0 Å². The molecule has 1 N–H and O–H groups in total. The summed E-state index contributed by atoms with van der Waals surface area (Å²) in [6, 6.07) is 10.2. The Morgan fingerprint density at radius 2 is 1.93 bits per heavy atom. The lowest BCUT2D eigenvalue weighted by molar-refractivity contribution is -0.133. The zero-order chi connectivity index (χ0) is 19.6. The molecule has 1 amide bonds. The number of hydrogen-bond acceptors (Lipinski definition) is 3. The zero-order valence-corrected chi connectivity index (χ0v) is 16.2. The summed E-state index contributed by atoms with van der Waals surface area (Å²) in [5, 5.41) is 10.1. The van der Waals surface area contributed by atoms with Crippen molar-refractivity contribution in [1.29, 1.82) is 0 Å². The number of rotatable bonds is 5. The van der Waals surface area contributed by atoms with Crippen molar-refractivity contribution in [3.05, 3.63) is 52.7 Å². The largest absolute Gasteiger partial charge is 0.478 e. The van der Waals surface area contributed by atoms with Gasteiger partial charge in [0.15, 0.2) is 0 Å². The van der Waals surface area contributed by atoms with Gasteiger partial charge in [0.1, 0.15) is 0 Å². The number of amides is 1. The van der Waals surface area contributed by atoms with E-state index in [0.29, 0.717) is 28.6 Å². The van der Waals surface area contributed by atoms with Crippen molar-refractivity contribution in [3.8, 4) is 11.3 Å². The number of aromatic nitrogens is 1. The van der Waals surface area contributed by atoms with Crippen LogP contribution >= 0.6 is 11.6 Å². The average Bonchev–Trinajstić information content (AvgIpc) is 3.11. The predicted molar refractivity (Wildman–Crippen MR) is 105 cm³/mol. The Balaban J connectivity index is 1.99. The maximum Gasteiger partial charge on any atom is 0.337 e. The van der Waals surface area contributed by atoms with E-state index >= 15 is 0 Å². The van der Waals surface area contributed by atoms with Gasteiger partial charge in [-0.2, -0.15) is 0 Å². The third-order valence-corrected chi connectivity index (χ3v) is 5.01. The summed E-state index contributed by atoms with van der Waals surface area (Å²) in [4.78, 5) is 30.8. The van der Waals surface area contributed by atoms with Crippen molar-refractivity contribution in [2.75, 3.05) is 6.54 Å². The summed E-state index contributed by atoms with van der Waals surface area (Å²) in [5.74, 6) is -0.603. The highest BCUT2D eigenvalue weighted by atomic mass is 35.5. The van der Waals surface area contributed by atoms with Crippen molar-refractivity contribution >= 4 is 23.5 Å². The Morgan fingerprint density at radius 3 is 2.56 bits per heavy atom. The summed E-state index contributed by atoms with van der Waals surface area (Å²) < 4.78 is 0. The van der Waals surface area contributed by atoms with Gasteiger partial charge in [0.05, 0.1) is 23.0 Å². The molecule has 2 heterocycles. The zero-order valence-electron chi connectivity index (χ0n) is 15.5. The highest BCUT2D eigenvalue weighted by Gasteiger charge is 2.31. The molecule has 1 aliphatic rings. The monoisotopic (exact) mass is 386 g/mol. The molecule has 1 unspecified atom stereocenters. The molecule has 1 aliphatic heterocycles. The summed E-state index contributed by atoms with van der Waals surface area (Å²) >= 11 is 5.95. The molecular formula is C21H23ClN2O3. The van der Waals surface area contributed by atoms with Crippen LogP contribution in [0.25, 0.3) is 11.3 Å². The quantitative estimate of drug-likeness (QED) is 0.800. The highest BCUT2D eigenvalue weighted by Crippen LogP contribution is 2.34. The minimum atomic E-state index is -1.03. The molecule has 2 aromatic rings. The Kier molecular flexibility index (Phi) is 5.80.